The molecular weight excluding hydrogens is 413 g/mol. The Labute approximate surface area is 188 Å². The van der Waals surface area contributed by atoms with Gasteiger partial charge in [0.15, 0.2) is 11.6 Å². The molecule has 4 atom stereocenters. The Bertz CT molecular complexity index is 898. The molecule has 2 unspecified atom stereocenters. The molecule has 2 N–H and O–H groups in total. The normalized spacial score (nSPS) is 26.6. The lowest BCUT2D eigenvalue weighted by atomic mass is 9.95. The third-order valence-electron chi connectivity index (χ3n) is 7.03. The van der Waals surface area contributed by atoms with E-state index in [2.05, 4.69) is 11.4 Å². The molecule has 0 radical (unpaired) electrons. The summed E-state index contributed by atoms with van der Waals surface area (Å²) < 4.78 is 18.8. The molecule has 0 spiro atoms. The number of carbonyl (C=O) groups excluding carboxylic acids is 2. The summed E-state index contributed by atoms with van der Waals surface area (Å²) >= 11 is 0. The lowest BCUT2D eigenvalue weighted by Gasteiger charge is -2.24. The number of rotatable bonds is 7. The minimum absolute atomic E-state index is 0.00764. The number of hydrogen-bond donors (Lipinski definition) is 2. The second kappa shape index (κ2) is 9.86. The molecule has 0 bridgehead atoms. The standard InChI is InChI=1S/C24H32FN3O4/c1-24(2)17(13-26)22(24)23(31)28-10-8-16(14-29)19(9-11-28)27-21(30)7-5-15-4-6-20(32-3)18(25)12-15/h4,6,12,16-17,19,22,29H,5,7-11,14H2,1-3H3,(H,27,30)/t16?,17-,19?,22-/m0/s1. The Hall–Kier alpha value is -2.66. The van der Waals surface area contributed by atoms with E-state index in [1.807, 2.05) is 13.8 Å². The van der Waals surface area contributed by atoms with Gasteiger partial charge in [-0.1, -0.05) is 19.9 Å². The number of methoxy groups -OCH3 is 1. The first kappa shape index (κ1) is 24.0. The Balaban J connectivity index is 1.54. The maximum Gasteiger partial charge on any atom is 0.227 e. The molecule has 8 heteroatoms. The molecule has 2 amide bonds. The lowest BCUT2D eigenvalue weighted by molar-refractivity contribution is -0.133. The van der Waals surface area contributed by atoms with Crippen molar-refractivity contribution in [2.45, 2.75) is 45.6 Å². The van der Waals surface area contributed by atoms with E-state index in [-0.39, 0.29) is 59.8 Å². The predicted octanol–water partition coefficient (Wildman–Crippen LogP) is 2.28. The summed E-state index contributed by atoms with van der Waals surface area (Å²) in [5.74, 6) is -1.16. The van der Waals surface area contributed by atoms with Crippen LogP contribution in [-0.4, -0.2) is 54.7 Å². The van der Waals surface area contributed by atoms with Gasteiger partial charge < -0.3 is 20.1 Å². The first-order chi connectivity index (χ1) is 15.2. The van der Waals surface area contributed by atoms with E-state index in [0.29, 0.717) is 37.9 Å². The van der Waals surface area contributed by atoms with Crippen molar-refractivity contribution in [1.82, 2.24) is 10.2 Å². The highest BCUT2D eigenvalue weighted by atomic mass is 19.1. The van der Waals surface area contributed by atoms with Gasteiger partial charge in [0.1, 0.15) is 0 Å². The molecule has 1 aliphatic carbocycles. The SMILES string of the molecule is COc1ccc(CCC(=O)NC2CCN(C(=O)[C@@H]3[C@H](C#N)C3(C)C)CCC2CO)cc1F. The van der Waals surface area contributed by atoms with Gasteiger partial charge >= 0.3 is 0 Å². The van der Waals surface area contributed by atoms with Crippen molar-refractivity contribution < 1.29 is 23.8 Å². The fraction of sp³-hybridized carbons (Fsp3) is 0.625. The Morgan fingerprint density at radius 1 is 1.34 bits per heavy atom. The van der Waals surface area contributed by atoms with Crippen LogP contribution in [0.25, 0.3) is 0 Å². The van der Waals surface area contributed by atoms with Crippen LogP contribution in [0.4, 0.5) is 4.39 Å². The van der Waals surface area contributed by atoms with Crippen molar-refractivity contribution in [3.63, 3.8) is 0 Å². The molecule has 1 saturated carbocycles. The number of aryl methyl sites for hydroxylation is 1. The monoisotopic (exact) mass is 445 g/mol. The number of aliphatic hydroxyl groups excluding tert-OH is 1. The molecular formula is C24H32FN3O4. The summed E-state index contributed by atoms with van der Waals surface area (Å²) in [7, 11) is 1.40. The number of nitrogens with zero attached hydrogens (tertiary/aromatic N) is 2. The van der Waals surface area contributed by atoms with Crippen LogP contribution in [0.1, 0.15) is 38.7 Å². The molecule has 3 rings (SSSR count). The van der Waals surface area contributed by atoms with Crippen LogP contribution in [-0.2, 0) is 16.0 Å². The van der Waals surface area contributed by atoms with Crippen LogP contribution in [0.2, 0.25) is 0 Å². The topological polar surface area (TPSA) is 103 Å². The van der Waals surface area contributed by atoms with Crippen LogP contribution < -0.4 is 10.1 Å². The second-order valence-corrected chi connectivity index (χ2v) is 9.39. The number of nitrogens with one attached hydrogen (secondary N) is 1. The fourth-order valence-corrected chi connectivity index (χ4v) is 4.73. The van der Waals surface area contributed by atoms with E-state index < -0.39 is 5.82 Å². The third-order valence-corrected chi connectivity index (χ3v) is 7.03. The summed E-state index contributed by atoms with van der Waals surface area (Å²) in [6.07, 6.45) is 1.72. The molecule has 0 aromatic heterocycles. The number of halogens is 1. The Morgan fingerprint density at radius 2 is 2.06 bits per heavy atom. The van der Waals surface area contributed by atoms with Crippen molar-refractivity contribution in [2.24, 2.45) is 23.2 Å². The summed E-state index contributed by atoms with van der Waals surface area (Å²) in [5, 5.41) is 22.1. The van der Waals surface area contributed by atoms with E-state index >= 15 is 0 Å². The van der Waals surface area contributed by atoms with Crippen LogP contribution in [0, 0.1) is 40.3 Å². The van der Waals surface area contributed by atoms with Crippen molar-refractivity contribution in [1.29, 1.82) is 5.26 Å². The molecule has 7 nitrogen and oxygen atoms in total. The number of hydrogen-bond acceptors (Lipinski definition) is 5. The number of benzene rings is 1. The number of amides is 2. The second-order valence-electron chi connectivity index (χ2n) is 9.39. The van der Waals surface area contributed by atoms with E-state index in [1.165, 1.54) is 13.2 Å². The maximum absolute atomic E-state index is 13.8. The minimum atomic E-state index is -0.461. The van der Waals surface area contributed by atoms with Gasteiger partial charge in [0.05, 0.1) is 25.0 Å². The maximum atomic E-state index is 13.8. The molecule has 1 aromatic carbocycles. The molecule has 2 aliphatic rings. The zero-order chi connectivity index (χ0) is 23.5. The molecule has 1 aliphatic heterocycles. The largest absolute Gasteiger partial charge is 0.494 e. The van der Waals surface area contributed by atoms with Gasteiger partial charge in [-0.3, -0.25) is 9.59 Å². The van der Waals surface area contributed by atoms with Crippen LogP contribution in [0.15, 0.2) is 18.2 Å². The zero-order valence-corrected chi connectivity index (χ0v) is 18.9. The molecule has 2 fully saturated rings. The highest BCUT2D eigenvalue weighted by molar-refractivity contribution is 5.84. The number of carbonyl (C=O) groups is 2. The van der Waals surface area contributed by atoms with Gasteiger partial charge in [-0.15, -0.1) is 0 Å². The third kappa shape index (κ3) is 5.04. The number of nitriles is 1. The van der Waals surface area contributed by atoms with E-state index in [4.69, 9.17) is 4.74 Å². The summed E-state index contributed by atoms with van der Waals surface area (Å²) in [5.41, 5.74) is 0.400. The fourth-order valence-electron chi connectivity index (χ4n) is 4.73. The van der Waals surface area contributed by atoms with Gasteiger partial charge in [-0.2, -0.15) is 5.26 Å². The lowest BCUT2D eigenvalue weighted by Crippen LogP contribution is -2.42. The van der Waals surface area contributed by atoms with E-state index in [0.717, 1.165) is 0 Å². The van der Waals surface area contributed by atoms with E-state index in [1.54, 1.807) is 17.0 Å². The zero-order valence-electron chi connectivity index (χ0n) is 18.9. The predicted molar refractivity (Wildman–Crippen MR) is 116 cm³/mol. The summed E-state index contributed by atoms with van der Waals surface area (Å²) in [6.45, 7) is 4.79. The average Bonchev–Trinajstić information content (AvgIpc) is 3.40. The Kier molecular flexibility index (Phi) is 7.40. The quantitative estimate of drug-likeness (QED) is 0.670. The van der Waals surface area contributed by atoms with Gasteiger partial charge in [0.2, 0.25) is 11.8 Å². The number of aliphatic hydroxyl groups is 1. The smallest absolute Gasteiger partial charge is 0.227 e. The molecule has 1 heterocycles. The highest BCUT2D eigenvalue weighted by Gasteiger charge is 2.63. The molecule has 32 heavy (non-hydrogen) atoms. The molecule has 174 valence electrons. The molecule has 1 aromatic rings. The van der Waals surface area contributed by atoms with Crippen LogP contribution in [0.5, 0.6) is 5.75 Å². The van der Waals surface area contributed by atoms with Crippen LogP contribution >= 0.6 is 0 Å². The highest BCUT2D eigenvalue weighted by Crippen LogP contribution is 2.58. The van der Waals surface area contributed by atoms with Gasteiger partial charge in [0.25, 0.3) is 0 Å². The molecule has 1 saturated heterocycles. The number of likely N-dealkylation sites (tertiary alicyclic amines) is 1. The average molecular weight is 446 g/mol. The van der Waals surface area contributed by atoms with Gasteiger partial charge in [0, 0.05) is 38.1 Å². The minimum Gasteiger partial charge on any atom is -0.494 e. The Morgan fingerprint density at radius 3 is 2.66 bits per heavy atom. The van der Waals surface area contributed by atoms with Crippen molar-refractivity contribution in [3.8, 4) is 11.8 Å². The number of ether oxygens (including phenoxy) is 1. The van der Waals surface area contributed by atoms with Gasteiger partial charge in [-0.25, -0.2) is 4.39 Å². The van der Waals surface area contributed by atoms with Crippen LogP contribution in [0.3, 0.4) is 0 Å². The first-order valence-corrected chi connectivity index (χ1v) is 11.1. The summed E-state index contributed by atoms with van der Waals surface area (Å²) in [4.78, 5) is 27.3. The van der Waals surface area contributed by atoms with Crippen molar-refractivity contribution in [3.05, 3.63) is 29.6 Å². The van der Waals surface area contributed by atoms with E-state index in [9.17, 15) is 24.3 Å². The van der Waals surface area contributed by atoms with Crippen molar-refractivity contribution in [2.75, 3.05) is 26.8 Å². The first-order valence-electron chi connectivity index (χ1n) is 11.1. The summed E-state index contributed by atoms with van der Waals surface area (Å²) in [6, 6.07) is 6.63. The van der Waals surface area contributed by atoms with Gasteiger partial charge in [-0.05, 0) is 42.4 Å². The van der Waals surface area contributed by atoms with Crippen molar-refractivity contribution >= 4 is 11.8 Å².